The van der Waals surface area contributed by atoms with Gasteiger partial charge in [0.2, 0.25) is 5.69 Å². The first kappa shape index (κ1) is 13.1. The van der Waals surface area contributed by atoms with Gasteiger partial charge in [0.05, 0.1) is 12.6 Å². The molecule has 2 N–H and O–H groups in total. The Labute approximate surface area is 111 Å². The SMILES string of the molecule is CCOC(=O)c1nnn(C(C)c2ccccc2)c1N. The molecule has 0 saturated heterocycles. The second-order valence-corrected chi connectivity index (χ2v) is 4.07. The smallest absolute Gasteiger partial charge is 0.362 e. The van der Waals surface area contributed by atoms with E-state index in [1.807, 2.05) is 37.3 Å². The second-order valence-electron chi connectivity index (χ2n) is 4.07. The molecule has 0 aliphatic heterocycles. The van der Waals surface area contributed by atoms with Crippen LogP contribution in [0.15, 0.2) is 30.3 Å². The van der Waals surface area contributed by atoms with E-state index in [0.29, 0.717) is 0 Å². The van der Waals surface area contributed by atoms with Crippen LogP contribution in [0.4, 0.5) is 5.82 Å². The third-order valence-electron chi connectivity index (χ3n) is 2.85. The zero-order valence-corrected chi connectivity index (χ0v) is 10.9. The van der Waals surface area contributed by atoms with Gasteiger partial charge in [-0.25, -0.2) is 9.48 Å². The second kappa shape index (κ2) is 5.51. The van der Waals surface area contributed by atoms with E-state index in [1.165, 1.54) is 4.68 Å². The maximum Gasteiger partial charge on any atom is 0.362 e. The van der Waals surface area contributed by atoms with Gasteiger partial charge in [0.1, 0.15) is 0 Å². The van der Waals surface area contributed by atoms with Gasteiger partial charge in [0.15, 0.2) is 5.82 Å². The van der Waals surface area contributed by atoms with Crippen LogP contribution in [0, 0.1) is 0 Å². The average Bonchev–Trinajstić information content (AvgIpc) is 2.81. The van der Waals surface area contributed by atoms with Crippen LogP contribution in [0.1, 0.15) is 35.9 Å². The van der Waals surface area contributed by atoms with Crippen LogP contribution in [-0.2, 0) is 4.74 Å². The minimum atomic E-state index is -0.550. The number of rotatable bonds is 4. The van der Waals surface area contributed by atoms with Gasteiger partial charge in [0, 0.05) is 0 Å². The summed E-state index contributed by atoms with van der Waals surface area (Å²) < 4.78 is 6.39. The van der Waals surface area contributed by atoms with Gasteiger partial charge < -0.3 is 10.5 Å². The number of carbonyl (C=O) groups is 1. The molecule has 1 aromatic carbocycles. The molecule has 100 valence electrons. The Morgan fingerprint density at radius 3 is 2.74 bits per heavy atom. The predicted octanol–water partition coefficient (Wildman–Crippen LogP) is 1.65. The maximum atomic E-state index is 11.6. The topological polar surface area (TPSA) is 83.0 Å². The number of benzene rings is 1. The number of anilines is 1. The number of carbonyl (C=O) groups excluding carboxylic acids is 1. The minimum absolute atomic E-state index is 0.0598. The van der Waals surface area contributed by atoms with Crippen molar-refractivity contribution in [1.29, 1.82) is 0 Å². The zero-order valence-electron chi connectivity index (χ0n) is 10.9. The highest BCUT2D eigenvalue weighted by Gasteiger charge is 2.21. The number of nitrogens with two attached hydrogens (primary N) is 1. The Balaban J connectivity index is 2.29. The number of aromatic nitrogens is 3. The highest BCUT2D eigenvalue weighted by molar-refractivity contribution is 5.91. The Morgan fingerprint density at radius 2 is 2.11 bits per heavy atom. The van der Waals surface area contributed by atoms with Crippen LogP contribution < -0.4 is 5.73 Å². The summed E-state index contributed by atoms with van der Waals surface area (Å²) in [6.45, 7) is 3.94. The number of nitrogen functional groups attached to an aromatic ring is 1. The Hall–Kier alpha value is -2.37. The molecule has 6 heteroatoms. The molecule has 1 atom stereocenters. The molecule has 0 saturated carbocycles. The molecule has 2 rings (SSSR count). The summed E-state index contributed by atoms with van der Waals surface area (Å²) in [5, 5.41) is 7.73. The molecular weight excluding hydrogens is 244 g/mol. The summed E-state index contributed by atoms with van der Waals surface area (Å²) in [5.41, 5.74) is 7.01. The van der Waals surface area contributed by atoms with Crippen molar-refractivity contribution in [1.82, 2.24) is 15.0 Å². The molecular formula is C13H16N4O2. The summed E-state index contributed by atoms with van der Waals surface area (Å²) in [6.07, 6.45) is 0. The van der Waals surface area contributed by atoms with E-state index < -0.39 is 5.97 Å². The Kier molecular flexibility index (Phi) is 3.79. The summed E-state index contributed by atoms with van der Waals surface area (Å²) in [6, 6.07) is 9.64. The third-order valence-corrected chi connectivity index (χ3v) is 2.85. The molecule has 6 nitrogen and oxygen atoms in total. The van der Waals surface area contributed by atoms with Crippen LogP contribution in [0.25, 0.3) is 0 Å². The van der Waals surface area contributed by atoms with Gasteiger partial charge in [-0.15, -0.1) is 5.10 Å². The largest absolute Gasteiger partial charge is 0.461 e. The van der Waals surface area contributed by atoms with Crippen LogP contribution in [0.2, 0.25) is 0 Å². The van der Waals surface area contributed by atoms with Crippen LogP contribution >= 0.6 is 0 Å². The maximum absolute atomic E-state index is 11.6. The zero-order chi connectivity index (χ0) is 13.8. The van der Waals surface area contributed by atoms with Crippen molar-refractivity contribution in [2.45, 2.75) is 19.9 Å². The summed E-state index contributed by atoms with van der Waals surface area (Å²) >= 11 is 0. The van der Waals surface area contributed by atoms with Crippen molar-refractivity contribution in [2.24, 2.45) is 0 Å². The number of hydrogen-bond acceptors (Lipinski definition) is 5. The highest BCUT2D eigenvalue weighted by atomic mass is 16.5. The van der Waals surface area contributed by atoms with E-state index in [9.17, 15) is 4.79 Å². The lowest BCUT2D eigenvalue weighted by atomic mass is 10.1. The van der Waals surface area contributed by atoms with Gasteiger partial charge in [-0.1, -0.05) is 35.5 Å². The molecule has 0 radical (unpaired) electrons. The van der Waals surface area contributed by atoms with E-state index in [-0.39, 0.29) is 24.2 Å². The molecule has 0 amide bonds. The fourth-order valence-electron chi connectivity index (χ4n) is 1.80. The highest BCUT2D eigenvalue weighted by Crippen LogP contribution is 2.21. The third kappa shape index (κ3) is 2.57. The van der Waals surface area contributed by atoms with Crippen LogP contribution in [0.3, 0.4) is 0 Å². The standard InChI is InChI=1S/C13H16N4O2/c1-3-19-13(18)11-12(14)17(16-15-11)9(2)10-7-5-4-6-8-10/h4-9H,3,14H2,1-2H3. The summed E-state index contributed by atoms with van der Waals surface area (Å²) in [5.74, 6) is -0.332. The van der Waals surface area contributed by atoms with Crippen molar-refractivity contribution in [3.05, 3.63) is 41.6 Å². The molecule has 1 unspecified atom stereocenters. The molecule has 1 aromatic heterocycles. The van der Waals surface area contributed by atoms with Gasteiger partial charge >= 0.3 is 5.97 Å². The molecule has 0 fully saturated rings. The summed E-state index contributed by atoms with van der Waals surface area (Å²) in [4.78, 5) is 11.6. The molecule has 0 spiro atoms. The lowest BCUT2D eigenvalue weighted by Gasteiger charge is -2.13. The molecule has 0 aliphatic carbocycles. The van der Waals surface area contributed by atoms with Crippen LogP contribution in [-0.4, -0.2) is 27.6 Å². The van der Waals surface area contributed by atoms with Gasteiger partial charge in [-0.3, -0.25) is 0 Å². The first-order chi connectivity index (χ1) is 9.15. The fraction of sp³-hybridized carbons (Fsp3) is 0.308. The first-order valence-corrected chi connectivity index (χ1v) is 6.07. The van der Waals surface area contributed by atoms with Gasteiger partial charge in [-0.2, -0.15) is 0 Å². The monoisotopic (exact) mass is 260 g/mol. The molecule has 1 heterocycles. The fourth-order valence-corrected chi connectivity index (χ4v) is 1.80. The Morgan fingerprint density at radius 1 is 1.42 bits per heavy atom. The average molecular weight is 260 g/mol. The van der Waals surface area contributed by atoms with E-state index >= 15 is 0 Å². The molecule has 2 aromatic rings. The minimum Gasteiger partial charge on any atom is -0.461 e. The van der Waals surface area contributed by atoms with Gasteiger partial charge in [-0.05, 0) is 19.4 Å². The predicted molar refractivity (Wildman–Crippen MR) is 70.6 cm³/mol. The number of esters is 1. The van der Waals surface area contributed by atoms with Crippen molar-refractivity contribution < 1.29 is 9.53 Å². The van der Waals surface area contributed by atoms with E-state index in [2.05, 4.69) is 10.3 Å². The van der Waals surface area contributed by atoms with E-state index in [1.54, 1.807) is 6.92 Å². The molecule has 19 heavy (non-hydrogen) atoms. The lowest BCUT2D eigenvalue weighted by Crippen LogP contribution is -2.13. The van der Waals surface area contributed by atoms with E-state index in [4.69, 9.17) is 10.5 Å². The number of ether oxygens (including phenoxy) is 1. The number of nitrogens with zero attached hydrogens (tertiary/aromatic N) is 3. The number of hydrogen-bond donors (Lipinski definition) is 1. The summed E-state index contributed by atoms with van der Waals surface area (Å²) in [7, 11) is 0. The molecule has 0 bridgehead atoms. The quantitative estimate of drug-likeness (QED) is 0.845. The van der Waals surface area contributed by atoms with Crippen molar-refractivity contribution in [2.75, 3.05) is 12.3 Å². The first-order valence-electron chi connectivity index (χ1n) is 6.07. The lowest BCUT2D eigenvalue weighted by molar-refractivity contribution is 0.0520. The van der Waals surface area contributed by atoms with Crippen molar-refractivity contribution in [3.8, 4) is 0 Å². The normalized spacial score (nSPS) is 12.1. The molecule has 0 aliphatic rings. The van der Waals surface area contributed by atoms with Crippen LogP contribution in [0.5, 0.6) is 0 Å². The van der Waals surface area contributed by atoms with E-state index in [0.717, 1.165) is 5.56 Å². The van der Waals surface area contributed by atoms with Crippen molar-refractivity contribution >= 4 is 11.8 Å². The Bertz CT molecular complexity index is 565. The van der Waals surface area contributed by atoms with Crippen molar-refractivity contribution in [3.63, 3.8) is 0 Å². The van der Waals surface area contributed by atoms with Gasteiger partial charge in [0.25, 0.3) is 0 Å².